The molecule has 3 aromatic rings. The molecular weight excluding hydrogens is 314 g/mol. The summed E-state index contributed by atoms with van der Waals surface area (Å²) in [5, 5.41) is 17.5. The summed E-state index contributed by atoms with van der Waals surface area (Å²) in [4.78, 5) is 26.9. The van der Waals surface area contributed by atoms with Gasteiger partial charge in [-0.3, -0.25) is 20.2 Å². The molecule has 0 spiro atoms. The first-order chi connectivity index (χ1) is 10.0. The van der Waals surface area contributed by atoms with E-state index in [1.807, 2.05) is 0 Å². The Morgan fingerprint density at radius 3 is 2.90 bits per heavy atom. The number of hydrogen-bond donors (Lipinski definition) is 1. The number of anilines is 1. The van der Waals surface area contributed by atoms with Gasteiger partial charge in [0.15, 0.2) is 5.13 Å². The molecule has 2 aromatic heterocycles. The highest BCUT2D eigenvalue weighted by Crippen LogP contribution is 2.29. The number of carbonyl (C=O) groups excluding carboxylic acids is 1. The minimum Gasteiger partial charge on any atom is -0.297 e. The van der Waals surface area contributed by atoms with E-state index in [1.54, 1.807) is 13.0 Å². The van der Waals surface area contributed by atoms with Crippen LogP contribution in [0.3, 0.4) is 0 Å². The van der Waals surface area contributed by atoms with E-state index >= 15 is 0 Å². The van der Waals surface area contributed by atoms with Gasteiger partial charge in [-0.1, -0.05) is 15.8 Å². The fourth-order valence-corrected chi connectivity index (χ4v) is 3.12. The zero-order chi connectivity index (χ0) is 15.0. The summed E-state index contributed by atoms with van der Waals surface area (Å²) in [6.45, 7) is 1.69. The maximum Gasteiger partial charge on any atom is 0.271 e. The summed E-state index contributed by atoms with van der Waals surface area (Å²) in [7, 11) is 0. The SMILES string of the molecule is Cc1nnsc1C(=O)Nc1nc2ccc([N+](=O)[O-])cc2s1. The fraction of sp³-hybridized carbons (Fsp3) is 0.0909. The van der Waals surface area contributed by atoms with Gasteiger partial charge in [-0.15, -0.1) is 5.10 Å². The van der Waals surface area contributed by atoms with E-state index in [2.05, 4.69) is 19.9 Å². The smallest absolute Gasteiger partial charge is 0.271 e. The van der Waals surface area contributed by atoms with Crippen LogP contribution in [0, 0.1) is 17.0 Å². The second-order valence-corrected chi connectivity index (χ2v) is 5.85. The molecule has 0 unspecified atom stereocenters. The van der Waals surface area contributed by atoms with Crippen LogP contribution in [0.15, 0.2) is 18.2 Å². The lowest BCUT2D eigenvalue weighted by Crippen LogP contribution is -2.11. The van der Waals surface area contributed by atoms with E-state index in [-0.39, 0.29) is 11.6 Å². The number of non-ortho nitro benzene ring substituents is 1. The highest BCUT2D eigenvalue weighted by Gasteiger charge is 2.16. The Morgan fingerprint density at radius 1 is 1.43 bits per heavy atom. The quantitative estimate of drug-likeness (QED) is 0.586. The number of benzene rings is 1. The normalized spacial score (nSPS) is 10.7. The molecule has 0 aliphatic heterocycles. The number of hydrogen-bond acceptors (Lipinski definition) is 8. The zero-order valence-electron chi connectivity index (χ0n) is 10.6. The van der Waals surface area contributed by atoms with Gasteiger partial charge in [-0.25, -0.2) is 4.98 Å². The number of fused-ring (bicyclic) bond motifs is 1. The number of rotatable bonds is 3. The first-order valence-electron chi connectivity index (χ1n) is 5.70. The highest BCUT2D eigenvalue weighted by molar-refractivity contribution is 7.22. The lowest BCUT2D eigenvalue weighted by atomic mass is 10.3. The van der Waals surface area contributed by atoms with Gasteiger partial charge in [0, 0.05) is 12.1 Å². The van der Waals surface area contributed by atoms with Crippen molar-refractivity contribution in [2.45, 2.75) is 6.92 Å². The summed E-state index contributed by atoms with van der Waals surface area (Å²) < 4.78 is 4.33. The van der Waals surface area contributed by atoms with Crippen molar-refractivity contribution in [2.24, 2.45) is 0 Å². The van der Waals surface area contributed by atoms with Gasteiger partial charge >= 0.3 is 0 Å². The van der Waals surface area contributed by atoms with Crippen LogP contribution >= 0.6 is 22.9 Å². The second kappa shape index (κ2) is 5.14. The summed E-state index contributed by atoms with van der Waals surface area (Å²) in [6.07, 6.45) is 0. The van der Waals surface area contributed by atoms with Crippen molar-refractivity contribution in [3.8, 4) is 0 Å². The van der Waals surface area contributed by atoms with Crippen LogP contribution in [-0.4, -0.2) is 25.4 Å². The summed E-state index contributed by atoms with van der Waals surface area (Å²) in [5.74, 6) is -0.337. The largest absolute Gasteiger partial charge is 0.297 e. The monoisotopic (exact) mass is 321 g/mol. The molecule has 2 heterocycles. The Balaban J connectivity index is 1.89. The Kier molecular flexibility index (Phi) is 3.31. The highest BCUT2D eigenvalue weighted by atomic mass is 32.1. The molecule has 1 N–H and O–H groups in total. The van der Waals surface area contributed by atoms with Crippen molar-refractivity contribution in [2.75, 3.05) is 5.32 Å². The van der Waals surface area contributed by atoms with Crippen molar-refractivity contribution >= 4 is 49.8 Å². The van der Waals surface area contributed by atoms with Crippen LogP contribution < -0.4 is 5.32 Å². The van der Waals surface area contributed by atoms with Crippen LogP contribution in [-0.2, 0) is 0 Å². The van der Waals surface area contributed by atoms with Crippen molar-refractivity contribution < 1.29 is 9.72 Å². The van der Waals surface area contributed by atoms with Gasteiger partial charge in [0.05, 0.1) is 20.8 Å². The molecular formula is C11H7N5O3S2. The fourth-order valence-electron chi connectivity index (χ4n) is 1.67. The molecule has 3 rings (SSSR count). The van der Waals surface area contributed by atoms with E-state index < -0.39 is 4.92 Å². The predicted octanol–water partition coefficient (Wildman–Crippen LogP) is 2.62. The van der Waals surface area contributed by atoms with Crippen LogP contribution in [0.4, 0.5) is 10.8 Å². The van der Waals surface area contributed by atoms with Crippen LogP contribution in [0.2, 0.25) is 0 Å². The molecule has 10 heteroatoms. The number of aryl methyl sites for hydroxylation is 1. The van der Waals surface area contributed by atoms with Gasteiger partial charge in [0.2, 0.25) is 0 Å². The summed E-state index contributed by atoms with van der Waals surface area (Å²) in [5.41, 5.74) is 1.14. The Bertz CT molecular complexity index is 857. The summed E-state index contributed by atoms with van der Waals surface area (Å²) in [6, 6.07) is 4.37. The number of carbonyl (C=O) groups is 1. The van der Waals surface area contributed by atoms with E-state index in [0.717, 1.165) is 11.5 Å². The third-order valence-electron chi connectivity index (χ3n) is 2.66. The Hall–Kier alpha value is -2.46. The number of nitro benzene ring substituents is 1. The molecule has 0 radical (unpaired) electrons. The lowest BCUT2D eigenvalue weighted by molar-refractivity contribution is -0.384. The number of aromatic nitrogens is 3. The van der Waals surface area contributed by atoms with E-state index in [4.69, 9.17) is 0 Å². The number of nitrogens with zero attached hydrogens (tertiary/aromatic N) is 4. The van der Waals surface area contributed by atoms with E-state index in [0.29, 0.717) is 25.9 Å². The van der Waals surface area contributed by atoms with Gasteiger partial charge in [0.25, 0.3) is 11.6 Å². The molecule has 21 heavy (non-hydrogen) atoms. The first-order valence-corrected chi connectivity index (χ1v) is 7.29. The first kappa shape index (κ1) is 13.5. The van der Waals surface area contributed by atoms with Gasteiger partial charge < -0.3 is 0 Å². The molecule has 1 aromatic carbocycles. The number of nitrogens with one attached hydrogen (secondary N) is 1. The van der Waals surface area contributed by atoms with Gasteiger partial charge in [0.1, 0.15) is 4.88 Å². The predicted molar refractivity (Wildman–Crippen MR) is 78.9 cm³/mol. The minimum atomic E-state index is -0.468. The maximum atomic E-state index is 12.0. The van der Waals surface area contributed by atoms with Crippen LogP contribution in [0.5, 0.6) is 0 Å². The second-order valence-electron chi connectivity index (χ2n) is 4.07. The standard InChI is InChI=1S/C11H7N5O3S2/c1-5-9(21-15-14-5)10(17)13-11-12-7-3-2-6(16(18)19)4-8(7)20-11/h2-4H,1H3,(H,12,13,17). The molecule has 0 saturated carbocycles. The summed E-state index contributed by atoms with van der Waals surface area (Å²) >= 11 is 2.18. The number of thiazole rings is 1. The van der Waals surface area contributed by atoms with Crippen molar-refractivity contribution in [3.63, 3.8) is 0 Å². The minimum absolute atomic E-state index is 0.00784. The number of amides is 1. The van der Waals surface area contributed by atoms with Crippen molar-refractivity contribution in [3.05, 3.63) is 38.9 Å². The molecule has 0 saturated heterocycles. The topological polar surface area (TPSA) is 111 Å². The Morgan fingerprint density at radius 2 is 2.24 bits per heavy atom. The molecule has 0 aliphatic rings. The average Bonchev–Trinajstić information content (AvgIpc) is 3.02. The van der Waals surface area contributed by atoms with Gasteiger partial charge in [-0.05, 0) is 24.5 Å². The molecule has 8 nitrogen and oxygen atoms in total. The molecule has 106 valence electrons. The third kappa shape index (κ3) is 2.58. The van der Waals surface area contributed by atoms with Crippen molar-refractivity contribution in [1.82, 2.24) is 14.6 Å². The van der Waals surface area contributed by atoms with Crippen molar-refractivity contribution in [1.29, 1.82) is 0 Å². The molecule has 0 bridgehead atoms. The van der Waals surface area contributed by atoms with E-state index in [9.17, 15) is 14.9 Å². The molecule has 0 fully saturated rings. The average molecular weight is 321 g/mol. The molecule has 0 atom stereocenters. The molecule has 0 aliphatic carbocycles. The van der Waals surface area contributed by atoms with Gasteiger partial charge in [-0.2, -0.15) is 0 Å². The maximum absolute atomic E-state index is 12.0. The van der Waals surface area contributed by atoms with Crippen LogP contribution in [0.1, 0.15) is 15.4 Å². The third-order valence-corrected chi connectivity index (χ3v) is 4.42. The zero-order valence-corrected chi connectivity index (χ0v) is 12.2. The van der Waals surface area contributed by atoms with E-state index in [1.165, 1.54) is 23.5 Å². The van der Waals surface area contributed by atoms with Crippen LogP contribution in [0.25, 0.3) is 10.2 Å². The molecule has 1 amide bonds. The lowest BCUT2D eigenvalue weighted by Gasteiger charge is -1.97. The Labute approximate surface area is 125 Å². The number of nitro groups is 1.